The van der Waals surface area contributed by atoms with Crippen molar-refractivity contribution in [2.75, 3.05) is 7.05 Å². The normalized spacial score (nSPS) is 44.6. The topological polar surface area (TPSA) is 37.4 Å². The number of ketones is 1. The third-order valence-corrected chi connectivity index (χ3v) is 10.6. The van der Waals surface area contributed by atoms with Crippen molar-refractivity contribution in [1.82, 2.24) is 4.90 Å². The lowest BCUT2D eigenvalue weighted by Crippen LogP contribution is -2.64. The van der Waals surface area contributed by atoms with Gasteiger partial charge in [-0.3, -0.25) is 9.59 Å². The molecular weight excluding hydrogens is 370 g/mol. The van der Waals surface area contributed by atoms with Gasteiger partial charge in [0.2, 0.25) is 5.91 Å². The van der Waals surface area contributed by atoms with Crippen molar-refractivity contribution in [3.05, 3.63) is 0 Å². The highest BCUT2D eigenvalue weighted by Gasteiger charge is 2.63. The van der Waals surface area contributed by atoms with Gasteiger partial charge < -0.3 is 4.90 Å². The number of piperidine rings is 1. The first-order chi connectivity index (χ1) is 14.1. The predicted molar refractivity (Wildman–Crippen MR) is 122 cm³/mol. The smallest absolute Gasteiger partial charge is 0.222 e. The third-order valence-electron chi connectivity index (χ3n) is 10.6. The first kappa shape index (κ1) is 22.3. The standard InChI is InChI=1S/C27H45NO2/c1-17(2)8-7-9-18(3)19-10-11-20-25-21(12-14-26(19,20)4)27(5)15-13-24(30)28(6)23(27)16-22(25)29/h17-21,23,25H,7-16H2,1-6H3/t18?,19?,20?,21?,23?,25?,26-,27?/m1/s1. The maximum absolute atomic E-state index is 13.5. The minimum Gasteiger partial charge on any atom is -0.342 e. The first-order valence-electron chi connectivity index (χ1n) is 12.9. The summed E-state index contributed by atoms with van der Waals surface area (Å²) in [5.74, 6) is 4.37. The monoisotopic (exact) mass is 415 g/mol. The Labute approximate surface area is 184 Å². The maximum atomic E-state index is 13.5. The first-order valence-corrected chi connectivity index (χ1v) is 12.9. The summed E-state index contributed by atoms with van der Waals surface area (Å²) in [5.41, 5.74) is 0.469. The van der Waals surface area contributed by atoms with E-state index < -0.39 is 0 Å². The molecule has 1 aliphatic heterocycles. The summed E-state index contributed by atoms with van der Waals surface area (Å²) in [6.07, 6.45) is 11.3. The van der Waals surface area contributed by atoms with E-state index in [0.29, 0.717) is 35.9 Å². The molecule has 1 amide bonds. The number of rotatable bonds is 5. The minimum absolute atomic E-state index is 0.129. The number of carbonyl (C=O) groups excluding carboxylic acids is 2. The Balaban J connectivity index is 1.54. The molecule has 4 aliphatic rings. The molecule has 0 aromatic rings. The second-order valence-electron chi connectivity index (χ2n) is 12.5. The molecule has 3 heteroatoms. The van der Waals surface area contributed by atoms with E-state index in [1.54, 1.807) is 0 Å². The number of hydrogen-bond acceptors (Lipinski definition) is 2. The van der Waals surface area contributed by atoms with E-state index in [1.165, 1.54) is 44.9 Å². The highest BCUT2D eigenvalue weighted by atomic mass is 16.2. The average molecular weight is 416 g/mol. The van der Waals surface area contributed by atoms with Gasteiger partial charge in [0.25, 0.3) is 0 Å². The van der Waals surface area contributed by atoms with Crippen LogP contribution in [0.3, 0.4) is 0 Å². The van der Waals surface area contributed by atoms with E-state index in [0.717, 1.165) is 24.2 Å². The van der Waals surface area contributed by atoms with Gasteiger partial charge in [-0.1, -0.05) is 53.9 Å². The van der Waals surface area contributed by atoms with E-state index in [-0.39, 0.29) is 23.3 Å². The molecule has 1 saturated heterocycles. The van der Waals surface area contributed by atoms with Gasteiger partial charge in [-0.05, 0) is 72.5 Å². The predicted octanol–water partition coefficient (Wildman–Crippen LogP) is 6.11. The average Bonchev–Trinajstić information content (AvgIpc) is 3.03. The summed E-state index contributed by atoms with van der Waals surface area (Å²) in [6.45, 7) is 12.1. The van der Waals surface area contributed by atoms with Crippen molar-refractivity contribution in [3.63, 3.8) is 0 Å². The minimum atomic E-state index is 0.129. The third kappa shape index (κ3) is 3.37. The van der Waals surface area contributed by atoms with Crippen molar-refractivity contribution in [2.45, 2.75) is 105 Å². The van der Waals surface area contributed by atoms with Gasteiger partial charge in [0.05, 0.1) is 0 Å². The summed E-state index contributed by atoms with van der Waals surface area (Å²) < 4.78 is 0. The van der Waals surface area contributed by atoms with Crippen LogP contribution >= 0.6 is 0 Å². The van der Waals surface area contributed by atoms with Crippen LogP contribution < -0.4 is 0 Å². The molecule has 3 nitrogen and oxygen atoms in total. The second-order valence-corrected chi connectivity index (χ2v) is 12.5. The van der Waals surface area contributed by atoms with Crippen molar-refractivity contribution in [1.29, 1.82) is 0 Å². The van der Waals surface area contributed by atoms with Crippen molar-refractivity contribution >= 4 is 11.7 Å². The molecule has 0 aromatic heterocycles. The fraction of sp³-hybridized carbons (Fsp3) is 0.926. The molecule has 0 bridgehead atoms. The Hall–Kier alpha value is -0.860. The molecule has 0 aromatic carbocycles. The maximum Gasteiger partial charge on any atom is 0.222 e. The number of likely N-dealkylation sites (tertiary alicyclic amines) is 1. The molecule has 1 heterocycles. The van der Waals surface area contributed by atoms with Crippen molar-refractivity contribution < 1.29 is 9.59 Å². The summed E-state index contributed by atoms with van der Waals surface area (Å²) in [6, 6.07) is 0.129. The molecule has 8 atom stereocenters. The van der Waals surface area contributed by atoms with E-state index in [1.807, 2.05) is 11.9 Å². The lowest BCUT2D eigenvalue weighted by molar-refractivity contribution is -0.167. The van der Waals surface area contributed by atoms with Crippen molar-refractivity contribution in [2.24, 2.45) is 46.3 Å². The second kappa shape index (κ2) is 7.93. The Morgan fingerprint density at radius 1 is 0.967 bits per heavy atom. The summed E-state index contributed by atoms with van der Waals surface area (Å²) in [5, 5.41) is 0. The highest BCUT2D eigenvalue weighted by Crippen LogP contribution is 2.66. The van der Waals surface area contributed by atoms with Crippen LogP contribution in [0, 0.1) is 46.3 Å². The molecule has 0 radical (unpaired) electrons. The quantitative estimate of drug-likeness (QED) is 0.543. The molecule has 0 spiro atoms. The molecule has 170 valence electrons. The van der Waals surface area contributed by atoms with Gasteiger partial charge in [-0.15, -0.1) is 0 Å². The molecular formula is C27H45NO2. The largest absolute Gasteiger partial charge is 0.342 e. The fourth-order valence-electron chi connectivity index (χ4n) is 8.82. The Bertz CT molecular complexity index is 686. The van der Waals surface area contributed by atoms with Gasteiger partial charge in [-0.25, -0.2) is 0 Å². The molecule has 3 saturated carbocycles. The zero-order chi connectivity index (χ0) is 21.8. The number of Topliss-reactive ketones (excluding diaryl/α,β-unsaturated/α-hetero) is 1. The molecule has 7 unspecified atom stereocenters. The molecule has 0 N–H and O–H groups in total. The van der Waals surface area contributed by atoms with Crippen LogP contribution in [0.15, 0.2) is 0 Å². The zero-order valence-corrected chi connectivity index (χ0v) is 20.4. The van der Waals surface area contributed by atoms with Crippen molar-refractivity contribution in [3.8, 4) is 0 Å². The summed E-state index contributed by atoms with van der Waals surface area (Å²) in [7, 11) is 1.94. The van der Waals surface area contributed by atoms with E-state index in [9.17, 15) is 9.59 Å². The number of nitrogens with zero attached hydrogens (tertiary/aromatic N) is 1. The SMILES string of the molecule is CC(C)CCCC(C)C1CCC2C3C(=O)CC4N(C)C(=O)CCC4(C)C3CC[C@]12C. The van der Waals surface area contributed by atoms with Crippen LogP contribution in [0.2, 0.25) is 0 Å². The Morgan fingerprint density at radius 2 is 1.67 bits per heavy atom. The van der Waals surface area contributed by atoms with Gasteiger partial charge in [0.15, 0.2) is 0 Å². The van der Waals surface area contributed by atoms with Gasteiger partial charge >= 0.3 is 0 Å². The number of amides is 1. The molecule has 4 fully saturated rings. The Kier molecular flexibility index (Phi) is 5.90. The lowest BCUT2D eigenvalue weighted by Gasteiger charge is -2.61. The van der Waals surface area contributed by atoms with Crippen LogP contribution in [0.4, 0.5) is 0 Å². The lowest BCUT2D eigenvalue weighted by atomic mass is 9.46. The number of hydrogen-bond donors (Lipinski definition) is 0. The van der Waals surface area contributed by atoms with E-state index in [4.69, 9.17) is 0 Å². The number of fused-ring (bicyclic) bond motifs is 5. The van der Waals surface area contributed by atoms with Gasteiger partial charge in [-0.2, -0.15) is 0 Å². The number of carbonyl (C=O) groups is 2. The summed E-state index contributed by atoms with van der Waals surface area (Å²) >= 11 is 0. The summed E-state index contributed by atoms with van der Waals surface area (Å²) in [4.78, 5) is 27.8. The van der Waals surface area contributed by atoms with Crippen LogP contribution in [0.1, 0.15) is 98.8 Å². The van der Waals surface area contributed by atoms with Crippen LogP contribution in [0.5, 0.6) is 0 Å². The van der Waals surface area contributed by atoms with E-state index >= 15 is 0 Å². The van der Waals surface area contributed by atoms with Gasteiger partial charge in [0, 0.05) is 31.8 Å². The highest BCUT2D eigenvalue weighted by molar-refractivity contribution is 5.86. The van der Waals surface area contributed by atoms with E-state index in [2.05, 4.69) is 34.6 Å². The fourth-order valence-corrected chi connectivity index (χ4v) is 8.82. The Morgan fingerprint density at radius 3 is 2.37 bits per heavy atom. The molecule has 30 heavy (non-hydrogen) atoms. The van der Waals surface area contributed by atoms with Crippen LogP contribution in [0.25, 0.3) is 0 Å². The zero-order valence-electron chi connectivity index (χ0n) is 20.4. The van der Waals surface area contributed by atoms with Crippen LogP contribution in [-0.4, -0.2) is 29.7 Å². The molecule has 3 aliphatic carbocycles. The molecule has 4 rings (SSSR count). The van der Waals surface area contributed by atoms with Crippen LogP contribution in [-0.2, 0) is 9.59 Å². The van der Waals surface area contributed by atoms with Gasteiger partial charge in [0.1, 0.15) is 5.78 Å².